The number of hydrogen-bond acceptors (Lipinski definition) is 5. The maximum absolute atomic E-state index is 11.3. The summed E-state index contributed by atoms with van der Waals surface area (Å²) >= 11 is 0. The first-order chi connectivity index (χ1) is 29.2. The molecule has 7 heteroatoms. The fourth-order valence-electron chi connectivity index (χ4n) is 8.87. The molecule has 0 atom stereocenters. The molecule has 4 heterocycles. The molecule has 0 fully saturated rings. The number of para-hydroxylation sites is 5. The molecule has 8 aromatic carbocycles. The van der Waals surface area contributed by atoms with Crippen molar-refractivity contribution >= 4 is 65.6 Å². The van der Waals surface area contributed by atoms with E-state index in [4.69, 9.17) is 19.4 Å². The summed E-state index contributed by atoms with van der Waals surface area (Å²) in [5, 5.41) is 17.5. The van der Waals surface area contributed by atoms with E-state index in [2.05, 4.69) is 112 Å². The molecule has 4 aromatic heterocycles. The predicted octanol–water partition coefficient (Wildman–Crippen LogP) is 12.8. The molecule has 0 spiro atoms. The van der Waals surface area contributed by atoms with Crippen LogP contribution in [-0.2, 0) is 0 Å². The van der Waals surface area contributed by atoms with Crippen molar-refractivity contribution in [3.05, 3.63) is 188 Å². The van der Waals surface area contributed by atoms with Gasteiger partial charge in [-0.3, -0.25) is 0 Å². The van der Waals surface area contributed by atoms with Gasteiger partial charge < -0.3 is 13.6 Å². The van der Waals surface area contributed by atoms with E-state index in [9.17, 15) is 5.26 Å². The molecule has 7 nitrogen and oxygen atoms in total. The molecular formula is C52H30N6O. The van der Waals surface area contributed by atoms with Crippen LogP contribution in [0.25, 0.3) is 111 Å². The Morgan fingerprint density at radius 1 is 0.407 bits per heavy atom. The molecule has 0 bridgehead atoms. The maximum Gasteiger partial charge on any atom is 0.167 e. The van der Waals surface area contributed by atoms with Gasteiger partial charge in [-0.2, -0.15) is 5.26 Å². The SMILES string of the molecule is N#Cc1c(-n2c3ccccc3c3ccccc32)cc(-n2c3ccccc3c3ccccc32)c2c1oc1c(-c3nc(-c4ccccc4)nc(-c4ccccc4)n3)cccc12. The Morgan fingerprint density at radius 3 is 1.32 bits per heavy atom. The van der Waals surface area contributed by atoms with Gasteiger partial charge in [-0.1, -0.05) is 146 Å². The minimum atomic E-state index is 0.434. The summed E-state index contributed by atoms with van der Waals surface area (Å²) in [5.74, 6) is 1.58. The summed E-state index contributed by atoms with van der Waals surface area (Å²) in [6.45, 7) is 0. The average molecular weight is 755 g/mol. The Labute approximate surface area is 337 Å². The zero-order chi connectivity index (χ0) is 39.0. The van der Waals surface area contributed by atoms with Crippen molar-refractivity contribution in [2.45, 2.75) is 0 Å². The Balaban J connectivity index is 1.23. The van der Waals surface area contributed by atoms with E-state index in [0.717, 1.165) is 76.9 Å². The quantitative estimate of drug-likeness (QED) is 0.175. The van der Waals surface area contributed by atoms with E-state index in [1.165, 1.54) is 0 Å². The zero-order valence-corrected chi connectivity index (χ0v) is 31.4. The molecule has 0 saturated carbocycles. The molecule has 0 unspecified atom stereocenters. The third-order valence-electron chi connectivity index (χ3n) is 11.4. The number of fused-ring (bicyclic) bond motifs is 9. The van der Waals surface area contributed by atoms with Crippen molar-refractivity contribution in [3.8, 4) is 51.6 Å². The number of aromatic nitrogens is 5. The van der Waals surface area contributed by atoms with Gasteiger partial charge in [0.1, 0.15) is 17.2 Å². The number of benzene rings is 8. The van der Waals surface area contributed by atoms with E-state index in [-0.39, 0.29) is 0 Å². The molecule has 274 valence electrons. The van der Waals surface area contributed by atoms with Gasteiger partial charge in [-0.15, -0.1) is 0 Å². The lowest BCUT2D eigenvalue weighted by Crippen LogP contribution is -2.03. The van der Waals surface area contributed by atoms with Gasteiger partial charge in [-0.25, -0.2) is 15.0 Å². The topological polar surface area (TPSA) is 85.5 Å². The van der Waals surface area contributed by atoms with E-state index < -0.39 is 0 Å². The number of rotatable bonds is 5. The lowest BCUT2D eigenvalue weighted by Gasteiger charge is -2.16. The monoisotopic (exact) mass is 754 g/mol. The Morgan fingerprint density at radius 2 is 0.831 bits per heavy atom. The molecule has 0 aliphatic carbocycles. The van der Waals surface area contributed by atoms with Crippen molar-refractivity contribution in [1.29, 1.82) is 5.26 Å². The predicted molar refractivity (Wildman–Crippen MR) is 237 cm³/mol. The van der Waals surface area contributed by atoms with Crippen molar-refractivity contribution < 1.29 is 4.42 Å². The van der Waals surface area contributed by atoms with E-state index in [1.807, 2.05) is 84.9 Å². The van der Waals surface area contributed by atoms with E-state index in [0.29, 0.717) is 39.8 Å². The largest absolute Gasteiger partial charge is 0.454 e. The molecule has 59 heavy (non-hydrogen) atoms. The smallest absolute Gasteiger partial charge is 0.167 e. The van der Waals surface area contributed by atoms with Gasteiger partial charge in [0.05, 0.1) is 44.4 Å². The van der Waals surface area contributed by atoms with E-state index in [1.54, 1.807) is 0 Å². The summed E-state index contributed by atoms with van der Waals surface area (Å²) in [6, 6.07) is 64.5. The van der Waals surface area contributed by atoms with Gasteiger partial charge in [-0.05, 0) is 36.4 Å². The molecule has 0 radical (unpaired) electrons. The van der Waals surface area contributed by atoms with Crippen molar-refractivity contribution in [2.75, 3.05) is 0 Å². The van der Waals surface area contributed by atoms with E-state index >= 15 is 0 Å². The van der Waals surface area contributed by atoms with Crippen LogP contribution in [0.3, 0.4) is 0 Å². The fraction of sp³-hybridized carbons (Fsp3) is 0. The number of hydrogen-bond donors (Lipinski definition) is 0. The highest BCUT2D eigenvalue weighted by atomic mass is 16.3. The Hall–Kier alpha value is -8.34. The van der Waals surface area contributed by atoms with Crippen LogP contribution in [0.15, 0.2) is 186 Å². The zero-order valence-electron chi connectivity index (χ0n) is 31.4. The van der Waals surface area contributed by atoms with Crippen LogP contribution in [0.5, 0.6) is 0 Å². The summed E-state index contributed by atoms with van der Waals surface area (Å²) in [5.41, 5.74) is 9.70. The second kappa shape index (κ2) is 12.8. The summed E-state index contributed by atoms with van der Waals surface area (Å²) in [4.78, 5) is 15.1. The third-order valence-corrected chi connectivity index (χ3v) is 11.4. The standard InChI is InChI=1S/C52H30N6O/c53-31-40-45(57-41-26-11-7-20-34(41)35-21-8-12-27-42(35)57)30-46(58-43-28-13-9-22-36(43)37-23-10-14-29-44(37)58)47-38-24-15-25-39(48(38)59-49(40)47)52-55-50(32-16-3-1-4-17-32)54-51(56-52)33-18-5-2-6-19-33/h1-30H. The van der Waals surface area contributed by atoms with Crippen LogP contribution in [0.4, 0.5) is 0 Å². The first-order valence-electron chi connectivity index (χ1n) is 19.5. The second-order valence-electron chi connectivity index (χ2n) is 14.7. The van der Waals surface area contributed by atoms with Crippen LogP contribution < -0.4 is 0 Å². The number of nitriles is 1. The first-order valence-corrected chi connectivity index (χ1v) is 19.5. The number of furan rings is 1. The van der Waals surface area contributed by atoms with Gasteiger partial charge in [0.15, 0.2) is 23.1 Å². The molecule has 0 saturated heterocycles. The van der Waals surface area contributed by atoms with Gasteiger partial charge in [0, 0.05) is 38.1 Å². The highest BCUT2D eigenvalue weighted by Gasteiger charge is 2.27. The highest BCUT2D eigenvalue weighted by Crippen LogP contribution is 2.45. The minimum Gasteiger partial charge on any atom is -0.454 e. The van der Waals surface area contributed by atoms with Gasteiger partial charge in [0.2, 0.25) is 0 Å². The van der Waals surface area contributed by atoms with Gasteiger partial charge >= 0.3 is 0 Å². The molecular weight excluding hydrogens is 725 g/mol. The first kappa shape index (κ1) is 32.9. The van der Waals surface area contributed by atoms with Crippen molar-refractivity contribution in [2.24, 2.45) is 0 Å². The molecule has 0 aliphatic heterocycles. The van der Waals surface area contributed by atoms with Crippen LogP contribution in [0.1, 0.15) is 5.56 Å². The van der Waals surface area contributed by atoms with Crippen LogP contribution >= 0.6 is 0 Å². The summed E-state index contributed by atoms with van der Waals surface area (Å²) < 4.78 is 11.7. The lowest BCUT2D eigenvalue weighted by molar-refractivity contribution is 0.667. The van der Waals surface area contributed by atoms with Crippen LogP contribution in [0.2, 0.25) is 0 Å². The second-order valence-corrected chi connectivity index (χ2v) is 14.7. The summed E-state index contributed by atoms with van der Waals surface area (Å²) in [7, 11) is 0. The molecule has 12 aromatic rings. The van der Waals surface area contributed by atoms with Crippen molar-refractivity contribution in [3.63, 3.8) is 0 Å². The van der Waals surface area contributed by atoms with Gasteiger partial charge in [0.25, 0.3) is 0 Å². The highest BCUT2D eigenvalue weighted by molar-refractivity contribution is 6.18. The fourth-order valence-corrected chi connectivity index (χ4v) is 8.87. The molecule has 0 N–H and O–H groups in total. The third kappa shape index (κ3) is 4.90. The van der Waals surface area contributed by atoms with Crippen LogP contribution in [-0.4, -0.2) is 24.1 Å². The number of nitrogens with zero attached hydrogens (tertiary/aromatic N) is 6. The lowest BCUT2D eigenvalue weighted by atomic mass is 10.0. The van der Waals surface area contributed by atoms with Crippen molar-refractivity contribution in [1.82, 2.24) is 24.1 Å². The minimum absolute atomic E-state index is 0.434. The summed E-state index contributed by atoms with van der Waals surface area (Å²) in [6.07, 6.45) is 0. The molecule has 0 aliphatic rings. The normalized spacial score (nSPS) is 11.7. The average Bonchev–Trinajstić information content (AvgIpc) is 3.97. The van der Waals surface area contributed by atoms with Crippen LogP contribution in [0, 0.1) is 11.3 Å². The Kier molecular flexibility index (Phi) is 7.16. The molecule has 0 amide bonds. The molecule has 12 rings (SSSR count). The Bertz CT molecular complexity index is 3520. The maximum atomic E-state index is 11.3.